The summed E-state index contributed by atoms with van der Waals surface area (Å²) in [5.74, 6) is 0.156. The summed E-state index contributed by atoms with van der Waals surface area (Å²) in [4.78, 5) is 24.9. The van der Waals surface area contributed by atoms with Crippen LogP contribution in [-0.2, 0) is 0 Å². The average Bonchev–Trinajstić information content (AvgIpc) is 3.24. The zero-order valence-electron chi connectivity index (χ0n) is 17.0. The molecule has 0 saturated heterocycles. The van der Waals surface area contributed by atoms with E-state index in [4.69, 9.17) is 21.4 Å². The van der Waals surface area contributed by atoms with E-state index >= 15 is 0 Å². The van der Waals surface area contributed by atoms with Crippen LogP contribution in [0.4, 0.5) is 11.4 Å². The molecular weight excluding hydrogens is 426 g/mol. The minimum atomic E-state index is -0.367. The highest BCUT2D eigenvalue weighted by atomic mass is 32.1. The molecule has 0 fully saturated rings. The van der Waals surface area contributed by atoms with Crippen molar-refractivity contribution in [1.29, 1.82) is 0 Å². The monoisotopic (exact) mass is 445 g/mol. The number of hydrogen-bond donors (Lipinski definition) is 3. The van der Waals surface area contributed by atoms with Crippen molar-refractivity contribution < 1.29 is 18.7 Å². The van der Waals surface area contributed by atoms with Crippen LogP contribution in [0.2, 0.25) is 0 Å². The summed E-state index contributed by atoms with van der Waals surface area (Å²) in [5, 5.41) is 9.34. The van der Waals surface area contributed by atoms with Crippen LogP contribution >= 0.6 is 12.2 Å². The maximum atomic E-state index is 12.5. The van der Waals surface area contributed by atoms with E-state index in [1.807, 2.05) is 18.2 Å². The topological polar surface area (TPSA) is 92.6 Å². The second-order valence-corrected chi connectivity index (χ2v) is 7.23. The Bertz CT molecular complexity index is 1270. The molecule has 0 unspecified atom stereocenters. The van der Waals surface area contributed by atoms with Gasteiger partial charge in [0.25, 0.3) is 11.8 Å². The quantitative estimate of drug-likeness (QED) is 0.382. The lowest BCUT2D eigenvalue weighted by Crippen LogP contribution is -2.34. The van der Waals surface area contributed by atoms with Crippen LogP contribution in [0.5, 0.6) is 5.75 Å². The number of ether oxygens (including phenoxy) is 1. The first-order valence-electron chi connectivity index (χ1n) is 9.68. The van der Waals surface area contributed by atoms with E-state index in [0.29, 0.717) is 28.3 Å². The lowest BCUT2D eigenvalue weighted by atomic mass is 10.2. The number of benzene rings is 3. The normalized spacial score (nSPS) is 10.4. The van der Waals surface area contributed by atoms with Crippen LogP contribution in [0.3, 0.4) is 0 Å². The molecule has 0 aliphatic rings. The van der Waals surface area contributed by atoms with Crippen LogP contribution in [0, 0.1) is 0 Å². The zero-order chi connectivity index (χ0) is 22.5. The van der Waals surface area contributed by atoms with Gasteiger partial charge in [-0.1, -0.05) is 24.3 Å². The summed E-state index contributed by atoms with van der Waals surface area (Å²) in [6, 6.07) is 22.7. The summed E-state index contributed by atoms with van der Waals surface area (Å²) in [6.07, 6.45) is 0. The van der Waals surface area contributed by atoms with E-state index in [1.54, 1.807) is 67.8 Å². The number of fused-ring (bicyclic) bond motifs is 1. The van der Waals surface area contributed by atoms with Gasteiger partial charge < -0.3 is 19.8 Å². The number of amides is 2. The number of hydrogen-bond acceptors (Lipinski definition) is 5. The molecule has 2 amide bonds. The second-order valence-electron chi connectivity index (χ2n) is 6.82. The molecule has 0 radical (unpaired) electrons. The molecule has 7 nitrogen and oxygen atoms in total. The van der Waals surface area contributed by atoms with Gasteiger partial charge in [0.15, 0.2) is 10.9 Å². The summed E-state index contributed by atoms with van der Waals surface area (Å²) < 4.78 is 10.7. The molecule has 4 rings (SSSR count). The number of rotatable bonds is 5. The lowest BCUT2D eigenvalue weighted by Gasteiger charge is -2.11. The predicted octanol–water partition coefficient (Wildman–Crippen LogP) is 4.82. The standard InChI is InChI=1S/C24H19N3O4S/c1-30-19-11-9-15(10-12-19)22(28)27-24(32)26-18-7-4-6-17(14-18)25-23(29)21-13-16-5-2-3-8-20(16)31-21/h2-14H,1H3,(H,25,29)(H2,26,27,28,32). The highest BCUT2D eigenvalue weighted by Crippen LogP contribution is 2.21. The Hall–Kier alpha value is -4.17. The van der Waals surface area contributed by atoms with Crippen LogP contribution in [-0.4, -0.2) is 24.0 Å². The zero-order valence-corrected chi connectivity index (χ0v) is 17.9. The third-order valence-electron chi connectivity index (χ3n) is 4.61. The Balaban J connectivity index is 1.38. The number of thiocarbonyl (C=S) groups is 1. The molecule has 0 atom stereocenters. The Labute approximate surface area is 189 Å². The number of nitrogens with one attached hydrogen (secondary N) is 3. The lowest BCUT2D eigenvalue weighted by molar-refractivity contribution is 0.0975. The largest absolute Gasteiger partial charge is 0.497 e. The van der Waals surface area contributed by atoms with Gasteiger partial charge in [0.2, 0.25) is 0 Å². The first kappa shape index (κ1) is 21.1. The van der Waals surface area contributed by atoms with E-state index in [9.17, 15) is 9.59 Å². The van der Waals surface area contributed by atoms with Gasteiger partial charge in [-0.2, -0.15) is 0 Å². The Morgan fingerprint density at radius 1 is 0.844 bits per heavy atom. The van der Waals surface area contributed by atoms with Crippen molar-refractivity contribution in [2.75, 3.05) is 17.7 Å². The third kappa shape index (κ3) is 4.93. The molecule has 0 aliphatic carbocycles. The van der Waals surface area contributed by atoms with Gasteiger partial charge in [-0.3, -0.25) is 14.9 Å². The van der Waals surface area contributed by atoms with Crippen molar-refractivity contribution in [2.45, 2.75) is 0 Å². The summed E-state index contributed by atoms with van der Waals surface area (Å²) in [5.41, 5.74) is 2.24. The Morgan fingerprint density at radius 3 is 2.28 bits per heavy atom. The predicted molar refractivity (Wildman–Crippen MR) is 127 cm³/mol. The Morgan fingerprint density at radius 2 is 1.56 bits per heavy atom. The molecule has 32 heavy (non-hydrogen) atoms. The number of anilines is 2. The maximum Gasteiger partial charge on any atom is 0.291 e. The van der Waals surface area contributed by atoms with Gasteiger partial charge in [0.1, 0.15) is 11.3 Å². The fourth-order valence-electron chi connectivity index (χ4n) is 3.04. The van der Waals surface area contributed by atoms with Gasteiger partial charge in [0, 0.05) is 22.3 Å². The molecule has 3 N–H and O–H groups in total. The van der Waals surface area contributed by atoms with Crippen molar-refractivity contribution in [1.82, 2.24) is 5.32 Å². The van der Waals surface area contributed by atoms with E-state index in [0.717, 1.165) is 5.39 Å². The molecule has 0 aliphatic heterocycles. The molecule has 3 aromatic carbocycles. The molecule has 0 saturated carbocycles. The number of methoxy groups -OCH3 is 1. The first-order chi connectivity index (χ1) is 15.5. The molecule has 8 heteroatoms. The van der Waals surface area contributed by atoms with Crippen molar-refractivity contribution in [3.05, 3.63) is 90.2 Å². The van der Waals surface area contributed by atoms with Crippen LogP contribution in [0.25, 0.3) is 11.0 Å². The van der Waals surface area contributed by atoms with Gasteiger partial charge in [0.05, 0.1) is 7.11 Å². The highest BCUT2D eigenvalue weighted by molar-refractivity contribution is 7.80. The molecule has 0 spiro atoms. The fraction of sp³-hybridized carbons (Fsp3) is 0.0417. The minimum absolute atomic E-state index is 0.131. The maximum absolute atomic E-state index is 12.5. The van der Waals surface area contributed by atoms with Gasteiger partial charge in [-0.25, -0.2) is 0 Å². The van der Waals surface area contributed by atoms with E-state index in [-0.39, 0.29) is 22.7 Å². The van der Waals surface area contributed by atoms with Crippen molar-refractivity contribution in [3.63, 3.8) is 0 Å². The molecule has 1 heterocycles. The SMILES string of the molecule is COc1ccc(C(=O)NC(=S)Nc2cccc(NC(=O)c3cc4ccccc4o3)c2)cc1. The summed E-state index contributed by atoms with van der Waals surface area (Å²) >= 11 is 5.24. The van der Waals surface area contributed by atoms with Crippen LogP contribution < -0.4 is 20.7 Å². The third-order valence-corrected chi connectivity index (χ3v) is 4.81. The summed E-state index contributed by atoms with van der Waals surface area (Å²) in [6.45, 7) is 0. The number of carbonyl (C=O) groups is 2. The molecular formula is C24H19N3O4S. The highest BCUT2D eigenvalue weighted by Gasteiger charge is 2.13. The first-order valence-corrected chi connectivity index (χ1v) is 10.1. The smallest absolute Gasteiger partial charge is 0.291 e. The van der Waals surface area contributed by atoms with E-state index < -0.39 is 0 Å². The molecule has 160 valence electrons. The Kier molecular flexibility index (Phi) is 6.14. The number of carbonyl (C=O) groups excluding carboxylic acids is 2. The van der Waals surface area contributed by atoms with Crippen LogP contribution in [0.1, 0.15) is 20.9 Å². The van der Waals surface area contributed by atoms with E-state index in [1.165, 1.54) is 0 Å². The number of furan rings is 1. The molecule has 4 aromatic rings. The van der Waals surface area contributed by atoms with Gasteiger partial charge in [-0.15, -0.1) is 0 Å². The van der Waals surface area contributed by atoms with Gasteiger partial charge in [-0.05, 0) is 66.8 Å². The van der Waals surface area contributed by atoms with Crippen molar-refractivity contribution in [3.8, 4) is 5.75 Å². The second kappa shape index (κ2) is 9.32. The van der Waals surface area contributed by atoms with Gasteiger partial charge >= 0.3 is 0 Å². The van der Waals surface area contributed by atoms with Crippen LogP contribution in [0.15, 0.2) is 83.3 Å². The van der Waals surface area contributed by atoms with E-state index in [2.05, 4.69) is 16.0 Å². The van der Waals surface area contributed by atoms with Crippen molar-refractivity contribution in [2.24, 2.45) is 0 Å². The number of para-hydroxylation sites is 1. The fourth-order valence-corrected chi connectivity index (χ4v) is 3.25. The molecule has 0 bridgehead atoms. The molecule has 1 aromatic heterocycles. The summed E-state index contributed by atoms with van der Waals surface area (Å²) in [7, 11) is 1.56. The minimum Gasteiger partial charge on any atom is -0.497 e. The van der Waals surface area contributed by atoms with Crippen molar-refractivity contribution >= 4 is 51.5 Å². The average molecular weight is 446 g/mol.